The molecule has 0 unspecified atom stereocenters. The highest BCUT2D eigenvalue weighted by atomic mass is 35.5. The van der Waals surface area contributed by atoms with E-state index in [0.717, 1.165) is 12.1 Å². The predicted octanol–water partition coefficient (Wildman–Crippen LogP) is 5.95. The minimum Gasteiger partial charge on any atom is -0.390 e. The lowest BCUT2D eigenvalue weighted by atomic mass is 9.80. The van der Waals surface area contributed by atoms with E-state index in [1.54, 1.807) is 19.2 Å². The van der Waals surface area contributed by atoms with Crippen molar-refractivity contribution < 1.29 is 13.6 Å². The number of pyridine rings is 2. The van der Waals surface area contributed by atoms with Gasteiger partial charge in [-0.2, -0.15) is 5.26 Å². The van der Waals surface area contributed by atoms with Gasteiger partial charge in [0.15, 0.2) is 11.6 Å². The number of anilines is 1. The van der Waals surface area contributed by atoms with Gasteiger partial charge >= 0.3 is 0 Å². The van der Waals surface area contributed by atoms with Crippen LogP contribution < -0.4 is 10.5 Å². The Morgan fingerprint density at radius 1 is 1.18 bits per heavy atom. The SMILES string of the molecule is CN(c1c(C#N)c(=O)n(C)c2ccc(Cl)nc12)C1CCC(/C(=N\OC(C)(C)C)c2ccc(F)c(F)c2)CC1. The molecular weight excluding hydrogens is 512 g/mol. The Kier molecular flexibility index (Phi) is 7.75. The van der Waals surface area contributed by atoms with E-state index in [2.05, 4.69) is 16.2 Å². The maximum atomic E-state index is 14.1. The van der Waals surface area contributed by atoms with Crippen LogP contribution in [0.4, 0.5) is 14.5 Å². The van der Waals surface area contributed by atoms with E-state index in [1.165, 1.54) is 10.6 Å². The number of halogens is 3. The lowest BCUT2D eigenvalue weighted by Crippen LogP contribution is -2.39. The van der Waals surface area contributed by atoms with Gasteiger partial charge in [0, 0.05) is 31.6 Å². The van der Waals surface area contributed by atoms with E-state index < -0.39 is 22.8 Å². The average molecular weight is 542 g/mol. The molecule has 4 rings (SSSR count). The molecule has 2 heterocycles. The van der Waals surface area contributed by atoms with Crippen LogP contribution in [0, 0.1) is 28.9 Å². The van der Waals surface area contributed by atoms with Crippen molar-refractivity contribution in [2.24, 2.45) is 18.1 Å². The van der Waals surface area contributed by atoms with E-state index >= 15 is 0 Å². The van der Waals surface area contributed by atoms with Gasteiger partial charge in [-0.25, -0.2) is 13.8 Å². The van der Waals surface area contributed by atoms with E-state index in [-0.39, 0.29) is 22.7 Å². The van der Waals surface area contributed by atoms with Crippen LogP contribution in [0.3, 0.4) is 0 Å². The average Bonchev–Trinajstić information content (AvgIpc) is 2.87. The summed E-state index contributed by atoms with van der Waals surface area (Å²) >= 11 is 6.19. The van der Waals surface area contributed by atoms with Crippen LogP contribution in [0.1, 0.15) is 57.6 Å². The molecule has 3 aromatic rings. The Morgan fingerprint density at radius 2 is 1.87 bits per heavy atom. The molecule has 0 bridgehead atoms. The molecule has 0 atom stereocenters. The fourth-order valence-corrected chi connectivity index (χ4v) is 5.09. The lowest BCUT2D eigenvalue weighted by molar-refractivity contribution is -0.0000321. The highest BCUT2D eigenvalue weighted by Crippen LogP contribution is 2.36. The molecule has 10 heteroatoms. The molecule has 2 aromatic heterocycles. The number of aryl methyl sites for hydroxylation is 1. The molecule has 7 nitrogen and oxygen atoms in total. The number of oxime groups is 1. The summed E-state index contributed by atoms with van der Waals surface area (Å²) in [5.74, 6) is -1.90. The van der Waals surface area contributed by atoms with Crippen LogP contribution in [-0.4, -0.2) is 34.0 Å². The minimum atomic E-state index is -0.938. The summed E-state index contributed by atoms with van der Waals surface area (Å²) in [6.45, 7) is 5.60. The minimum absolute atomic E-state index is 0.00387. The smallest absolute Gasteiger partial charge is 0.270 e. The molecule has 1 aliphatic carbocycles. The fraction of sp³-hybridized carbons (Fsp3) is 0.429. The first-order valence-corrected chi connectivity index (χ1v) is 12.8. The van der Waals surface area contributed by atoms with E-state index in [9.17, 15) is 18.8 Å². The van der Waals surface area contributed by atoms with Crippen molar-refractivity contribution >= 4 is 34.0 Å². The van der Waals surface area contributed by atoms with Crippen molar-refractivity contribution in [1.82, 2.24) is 9.55 Å². The monoisotopic (exact) mass is 541 g/mol. The number of benzene rings is 1. The van der Waals surface area contributed by atoms with Gasteiger partial charge < -0.3 is 14.3 Å². The zero-order chi connectivity index (χ0) is 27.8. The Balaban J connectivity index is 1.65. The molecule has 1 aliphatic rings. The summed E-state index contributed by atoms with van der Waals surface area (Å²) in [7, 11) is 3.46. The first kappa shape index (κ1) is 27.5. The first-order valence-electron chi connectivity index (χ1n) is 12.4. The van der Waals surface area contributed by atoms with Crippen molar-refractivity contribution in [3.05, 3.63) is 68.6 Å². The Hall–Kier alpha value is -3.51. The maximum Gasteiger partial charge on any atom is 0.270 e. The fourth-order valence-electron chi connectivity index (χ4n) is 4.94. The van der Waals surface area contributed by atoms with Crippen LogP contribution in [0.25, 0.3) is 11.0 Å². The quantitative estimate of drug-likeness (QED) is 0.226. The second kappa shape index (κ2) is 10.7. The van der Waals surface area contributed by atoms with Crippen LogP contribution in [0.15, 0.2) is 40.3 Å². The van der Waals surface area contributed by atoms with Crippen LogP contribution in [0.5, 0.6) is 0 Å². The maximum absolute atomic E-state index is 14.1. The second-order valence-electron chi connectivity index (χ2n) is 10.6. The Bertz CT molecular complexity index is 1500. The topological polar surface area (TPSA) is 83.5 Å². The normalized spacial score (nSPS) is 18.3. The van der Waals surface area contributed by atoms with E-state index in [4.69, 9.17) is 16.4 Å². The van der Waals surface area contributed by atoms with Crippen LogP contribution in [0.2, 0.25) is 5.15 Å². The summed E-state index contributed by atoms with van der Waals surface area (Å²) in [6, 6.07) is 9.17. The van der Waals surface area contributed by atoms with Crippen molar-refractivity contribution in [2.45, 2.75) is 58.1 Å². The lowest BCUT2D eigenvalue weighted by Gasteiger charge is -2.37. The van der Waals surface area contributed by atoms with Crippen molar-refractivity contribution in [1.29, 1.82) is 5.26 Å². The van der Waals surface area contributed by atoms with Gasteiger partial charge in [-0.3, -0.25) is 4.79 Å². The van der Waals surface area contributed by atoms with Gasteiger partial charge in [0.05, 0.1) is 16.9 Å². The Morgan fingerprint density at radius 3 is 2.47 bits per heavy atom. The zero-order valence-corrected chi connectivity index (χ0v) is 22.8. The number of aromatic nitrogens is 2. The van der Waals surface area contributed by atoms with Crippen molar-refractivity contribution in [3.63, 3.8) is 0 Å². The summed E-state index contributed by atoms with van der Waals surface area (Å²) in [5.41, 5.74) is 1.66. The van der Waals surface area contributed by atoms with Gasteiger partial charge in [-0.1, -0.05) is 16.8 Å². The number of nitrogens with zero attached hydrogens (tertiary/aromatic N) is 5. The van der Waals surface area contributed by atoms with Crippen molar-refractivity contribution in [2.75, 3.05) is 11.9 Å². The number of nitriles is 1. The molecule has 0 amide bonds. The van der Waals surface area contributed by atoms with Gasteiger partial charge in [0.2, 0.25) is 0 Å². The highest BCUT2D eigenvalue weighted by Gasteiger charge is 2.31. The predicted molar refractivity (Wildman–Crippen MR) is 145 cm³/mol. The molecule has 1 fully saturated rings. The summed E-state index contributed by atoms with van der Waals surface area (Å²) in [6.07, 6.45) is 2.81. The molecule has 0 saturated heterocycles. The van der Waals surface area contributed by atoms with E-state index in [1.807, 2.05) is 32.7 Å². The molecule has 0 N–H and O–H groups in total. The van der Waals surface area contributed by atoms with Gasteiger partial charge in [0.25, 0.3) is 5.56 Å². The first-order chi connectivity index (χ1) is 17.9. The summed E-state index contributed by atoms with van der Waals surface area (Å²) in [5, 5.41) is 14.5. The summed E-state index contributed by atoms with van der Waals surface area (Å²) in [4.78, 5) is 25.1. The van der Waals surface area contributed by atoms with Crippen molar-refractivity contribution in [3.8, 4) is 6.07 Å². The summed E-state index contributed by atoms with van der Waals surface area (Å²) < 4.78 is 29.1. The number of rotatable bonds is 5. The largest absolute Gasteiger partial charge is 0.390 e. The molecule has 1 aromatic carbocycles. The molecule has 0 aliphatic heterocycles. The van der Waals surface area contributed by atoms with Crippen LogP contribution in [-0.2, 0) is 11.9 Å². The third kappa shape index (κ3) is 5.51. The number of fused-ring (bicyclic) bond motifs is 1. The van der Waals surface area contributed by atoms with Crippen LogP contribution >= 0.6 is 11.6 Å². The van der Waals surface area contributed by atoms with Gasteiger partial charge in [-0.15, -0.1) is 0 Å². The highest BCUT2D eigenvalue weighted by molar-refractivity contribution is 6.29. The number of hydrogen-bond donors (Lipinski definition) is 0. The third-order valence-corrected chi connectivity index (χ3v) is 7.12. The Labute approximate surface area is 225 Å². The zero-order valence-electron chi connectivity index (χ0n) is 22.1. The van der Waals surface area contributed by atoms with Gasteiger partial charge in [-0.05, 0) is 76.8 Å². The second-order valence-corrected chi connectivity index (χ2v) is 11.0. The molecule has 0 spiro atoms. The molecular formula is C28H30ClF2N5O2. The van der Waals surface area contributed by atoms with Gasteiger partial charge in [0.1, 0.15) is 27.9 Å². The molecule has 0 radical (unpaired) electrons. The standard InChI is InChI=1S/C28H30ClF2N5O2/c1-28(2,3)38-34-24(17-8-11-20(30)21(31)14-17)16-6-9-18(10-7-16)35(4)26-19(15-32)27(37)36(5)22-12-13-23(29)33-25(22)26/h8,11-14,16,18H,6-7,9-10H2,1-5H3/b34-24+. The molecule has 200 valence electrons. The number of hydrogen-bond acceptors (Lipinski definition) is 6. The molecule has 1 saturated carbocycles. The molecule has 38 heavy (non-hydrogen) atoms. The van der Waals surface area contributed by atoms with E-state index in [0.29, 0.717) is 53.7 Å². The third-order valence-electron chi connectivity index (χ3n) is 6.91.